The van der Waals surface area contributed by atoms with Crippen molar-refractivity contribution in [3.63, 3.8) is 0 Å². The van der Waals surface area contributed by atoms with Crippen LogP contribution in [-0.2, 0) is 10.4 Å². The highest BCUT2D eigenvalue weighted by Gasteiger charge is 2.62. The van der Waals surface area contributed by atoms with Gasteiger partial charge in [-0.1, -0.05) is 34.4 Å². The topological polar surface area (TPSA) is 70.9 Å². The number of halogens is 5. The number of hydrogen-bond acceptors (Lipinski definition) is 5. The lowest BCUT2D eigenvalue weighted by Crippen LogP contribution is -2.50. The number of benzene rings is 2. The van der Waals surface area contributed by atoms with Crippen LogP contribution in [-0.4, -0.2) is 40.1 Å². The monoisotopic (exact) mass is 504 g/mol. The Morgan fingerprint density at radius 2 is 1.94 bits per heavy atom. The molecule has 0 radical (unpaired) electrons. The smallest absolute Gasteiger partial charge is 0.380 e. The van der Waals surface area contributed by atoms with Gasteiger partial charge in [-0.25, -0.2) is 0 Å². The SMILES string of the molecule is Cc1cc(C2=NO[C@@](c3cc(Cl)cc(Cl)c3)(C(F)(F)F)C2)ccc1C(=O)N[C@@H]1CS[C@@H]1O. The van der Waals surface area contributed by atoms with Crippen LogP contribution in [0.15, 0.2) is 41.6 Å². The fourth-order valence-corrected chi connectivity index (χ4v) is 4.82. The van der Waals surface area contributed by atoms with Gasteiger partial charge >= 0.3 is 6.18 Å². The maximum absolute atomic E-state index is 14.1. The van der Waals surface area contributed by atoms with E-state index in [0.717, 1.165) is 12.1 Å². The van der Waals surface area contributed by atoms with Gasteiger partial charge in [0.1, 0.15) is 5.44 Å². The molecule has 11 heteroatoms. The molecule has 2 aromatic carbocycles. The second-order valence-electron chi connectivity index (χ2n) is 7.62. The molecule has 170 valence electrons. The number of carbonyl (C=O) groups excluding carboxylic acids is 1. The average molecular weight is 505 g/mol. The molecule has 2 heterocycles. The van der Waals surface area contributed by atoms with Crippen LogP contribution in [0.3, 0.4) is 0 Å². The molecule has 0 bridgehead atoms. The molecule has 0 unspecified atom stereocenters. The van der Waals surface area contributed by atoms with E-state index in [-0.39, 0.29) is 33.3 Å². The molecule has 1 saturated heterocycles. The van der Waals surface area contributed by atoms with Gasteiger partial charge in [-0.2, -0.15) is 13.2 Å². The van der Waals surface area contributed by atoms with E-state index in [2.05, 4.69) is 10.5 Å². The fraction of sp³-hybridized carbons (Fsp3) is 0.333. The molecule has 4 rings (SSSR count). The Bertz CT molecular complexity index is 1090. The van der Waals surface area contributed by atoms with Gasteiger partial charge in [-0.05, 0) is 48.4 Å². The molecule has 2 N–H and O–H groups in total. The van der Waals surface area contributed by atoms with Crippen LogP contribution in [0.2, 0.25) is 10.0 Å². The number of amides is 1. The van der Waals surface area contributed by atoms with Crippen LogP contribution < -0.4 is 5.32 Å². The molecular formula is C21H17Cl2F3N2O3S. The van der Waals surface area contributed by atoms with Crippen molar-refractivity contribution in [3.05, 3.63) is 68.7 Å². The zero-order chi connectivity index (χ0) is 23.3. The van der Waals surface area contributed by atoms with E-state index in [9.17, 15) is 23.1 Å². The second-order valence-corrected chi connectivity index (χ2v) is 9.65. The third-order valence-electron chi connectivity index (χ3n) is 5.43. The fourth-order valence-electron chi connectivity index (χ4n) is 3.58. The van der Waals surface area contributed by atoms with Gasteiger partial charge in [0.05, 0.1) is 11.8 Å². The van der Waals surface area contributed by atoms with Crippen molar-refractivity contribution in [2.24, 2.45) is 5.16 Å². The van der Waals surface area contributed by atoms with E-state index < -0.39 is 23.6 Å². The maximum Gasteiger partial charge on any atom is 0.435 e. The van der Waals surface area contributed by atoms with E-state index in [0.29, 0.717) is 22.4 Å². The van der Waals surface area contributed by atoms with Crippen molar-refractivity contribution in [2.45, 2.75) is 36.6 Å². The summed E-state index contributed by atoms with van der Waals surface area (Å²) in [5.41, 5.74) is -2.21. The van der Waals surface area contributed by atoms with E-state index in [1.807, 2.05) is 0 Å². The summed E-state index contributed by atoms with van der Waals surface area (Å²) in [6.45, 7) is 1.68. The minimum Gasteiger partial charge on any atom is -0.380 e. The molecule has 0 saturated carbocycles. The summed E-state index contributed by atoms with van der Waals surface area (Å²) in [5.74, 6) is 0.256. The molecule has 5 nitrogen and oxygen atoms in total. The predicted octanol–water partition coefficient (Wildman–Crippen LogP) is 5.05. The van der Waals surface area contributed by atoms with Crippen molar-refractivity contribution >= 4 is 46.6 Å². The molecule has 1 fully saturated rings. The second kappa shape index (κ2) is 8.44. The van der Waals surface area contributed by atoms with Gasteiger partial charge in [-0.15, -0.1) is 11.8 Å². The van der Waals surface area contributed by atoms with Gasteiger partial charge in [0.15, 0.2) is 0 Å². The van der Waals surface area contributed by atoms with Gasteiger partial charge in [0.25, 0.3) is 11.5 Å². The molecule has 0 spiro atoms. The summed E-state index contributed by atoms with van der Waals surface area (Å²) in [6.07, 6.45) is -5.37. The average Bonchev–Trinajstić information content (AvgIpc) is 3.17. The molecule has 0 aromatic heterocycles. The number of carbonyl (C=O) groups is 1. The minimum atomic E-state index is -4.79. The number of thioether (sulfide) groups is 1. The van der Waals surface area contributed by atoms with E-state index >= 15 is 0 Å². The Labute approximate surface area is 195 Å². The third-order valence-corrected chi connectivity index (χ3v) is 7.08. The van der Waals surface area contributed by atoms with E-state index in [1.54, 1.807) is 13.0 Å². The summed E-state index contributed by atoms with van der Waals surface area (Å²) >= 11 is 13.2. The standard InChI is InChI=1S/C21H17Cl2F3N2O3S/c1-10-4-11(2-3-15(10)18(29)27-17-9-32-19(17)30)16-8-20(31-28-16,21(24,25)26)12-5-13(22)7-14(23)6-12/h2-7,17,19,30H,8-9H2,1H3,(H,27,29)/t17-,19+,20+/m1/s1. The largest absolute Gasteiger partial charge is 0.435 e. The Hall–Kier alpha value is -1.94. The van der Waals surface area contributed by atoms with Crippen molar-refractivity contribution in [1.29, 1.82) is 0 Å². The molecule has 2 aliphatic rings. The third kappa shape index (κ3) is 4.19. The summed E-state index contributed by atoms with van der Waals surface area (Å²) in [4.78, 5) is 17.5. The molecular weight excluding hydrogens is 488 g/mol. The number of nitrogens with one attached hydrogen (secondary N) is 1. The first-order valence-corrected chi connectivity index (χ1v) is 11.3. The van der Waals surface area contributed by atoms with Crippen LogP contribution in [0.25, 0.3) is 0 Å². The Kier molecular flexibility index (Phi) is 6.13. The Morgan fingerprint density at radius 3 is 2.47 bits per heavy atom. The first-order chi connectivity index (χ1) is 15.0. The van der Waals surface area contributed by atoms with Gasteiger partial charge in [-0.3, -0.25) is 4.79 Å². The maximum atomic E-state index is 14.1. The van der Waals surface area contributed by atoms with Gasteiger partial charge in [0, 0.05) is 33.3 Å². The number of rotatable bonds is 4. The van der Waals surface area contributed by atoms with Crippen molar-refractivity contribution in [3.8, 4) is 0 Å². The number of hydrogen-bond donors (Lipinski definition) is 2. The molecule has 2 aliphatic heterocycles. The number of oxime groups is 1. The van der Waals surface area contributed by atoms with Crippen LogP contribution in [0.4, 0.5) is 13.2 Å². The molecule has 2 aromatic rings. The summed E-state index contributed by atoms with van der Waals surface area (Å²) in [6, 6.07) is 7.95. The predicted molar refractivity (Wildman–Crippen MR) is 117 cm³/mol. The van der Waals surface area contributed by atoms with Crippen LogP contribution in [0, 0.1) is 6.92 Å². The van der Waals surface area contributed by atoms with E-state index in [1.165, 1.54) is 30.0 Å². The number of aliphatic hydroxyl groups excluding tert-OH is 1. The summed E-state index contributed by atoms with van der Waals surface area (Å²) in [5, 5.41) is 16.2. The highest BCUT2D eigenvalue weighted by Crippen LogP contribution is 2.49. The first-order valence-electron chi connectivity index (χ1n) is 9.50. The van der Waals surface area contributed by atoms with Gasteiger partial charge in [0.2, 0.25) is 0 Å². The number of nitrogens with zero attached hydrogens (tertiary/aromatic N) is 1. The quantitative estimate of drug-likeness (QED) is 0.611. The zero-order valence-corrected chi connectivity index (χ0v) is 18.9. The van der Waals surface area contributed by atoms with Crippen LogP contribution in [0.5, 0.6) is 0 Å². The lowest BCUT2D eigenvalue weighted by Gasteiger charge is -2.32. The van der Waals surface area contributed by atoms with Crippen LogP contribution in [0.1, 0.15) is 33.5 Å². The van der Waals surface area contributed by atoms with Crippen molar-refractivity contribution in [1.82, 2.24) is 5.32 Å². The van der Waals surface area contributed by atoms with Crippen molar-refractivity contribution < 1.29 is 27.9 Å². The first kappa shape index (κ1) is 23.2. The highest BCUT2D eigenvalue weighted by molar-refractivity contribution is 8.01. The zero-order valence-electron chi connectivity index (χ0n) is 16.5. The Balaban J connectivity index is 1.59. The minimum absolute atomic E-state index is 0.0503. The van der Waals surface area contributed by atoms with Crippen molar-refractivity contribution in [2.75, 3.05) is 5.75 Å². The number of alkyl halides is 3. The molecule has 0 aliphatic carbocycles. The Morgan fingerprint density at radius 1 is 1.25 bits per heavy atom. The number of aryl methyl sites for hydroxylation is 1. The normalized spacial score (nSPS) is 25.0. The molecule has 1 amide bonds. The van der Waals surface area contributed by atoms with Gasteiger partial charge < -0.3 is 15.3 Å². The number of aliphatic hydroxyl groups is 1. The van der Waals surface area contributed by atoms with Crippen LogP contribution >= 0.6 is 35.0 Å². The lowest BCUT2D eigenvalue weighted by molar-refractivity contribution is -0.275. The highest BCUT2D eigenvalue weighted by atomic mass is 35.5. The van der Waals surface area contributed by atoms with E-state index in [4.69, 9.17) is 28.0 Å². The molecule has 3 atom stereocenters. The molecule has 32 heavy (non-hydrogen) atoms. The summed E-state index contributed by atoms with van der Waals surface area (Å²) < 4.78 is 42.4. The summed E-state index contributed by atoms with van der Waals surface area (Å²) in [7, 11) is 0. The lowest BCUT2D eigenvalue weighted by atomic mass is 9.86.